The predicted molar refractivity (Wildman–Crippen MR) is 180 cm³/mol. The number of nitrogens with one attached hydrogen (secondary N) is 2. The number of benzene rings is 1. The standard InChI is InChI=1S/C36H45N7O4/c1-35(2,3)31-21-23(20-28(38-31)29(45)12-8-19-44)37-34(46)39-27-14-15-30(26-11-7-6-10-25(26)27)47-24-13-16-32-40-41-33(43(32)22-24)36(4)17-9-18-42(36)5/h6-7,10-11,13,16,20-22,27,30,44H,8-9,12,14-15,17-19H2,1-5H3,(H2,37,38,39,46)/t27-,30+,36-/m0/s1. The first kappa shape index (κ1) is 32.6. The molecule has 47 heavy (non-hydrogen) atoms. The van der Waals surface area contributed by atoms with Gasteiger partial charge in [-0.15, -0.1) is 10.2 Å². The third-order valence-electron chi connectivity index (χ3n) is 9.58. The number of ether oxygens (including phenoxy) is 1. The molecular weight excluding hydrogens is 594 g/mol. The molecule has 0 unspecified atom stereocenters. The van der Waals surface area contributed by atoms with Gasteiger partial charge in [-0.2, -0.15) is 0 Å². The summed E-state index contributed by atoms with van der Waals surface area (Å²) in [5, 5.41) is 24.3. The Kier molecular flexibility index (Phi) is 9.04. The highest BCUT2D eigenvalue weighted by atomic mass is 16.5. The van der Waals surface area contributed by atoms with Gasteiger partial charge in [0.1, 0.15) is 17.5 Å². The fourth-order valence-electron chi connectivity index (χ4n) is 6.70. The molecule has 1 fully saturated rings. The molecule has 1 saturated heterocycles. The number of nitrogens with zero attached hydrogens (tertiary/aromatic N) is 5. The Morgan fingerprint density at radius 3 is 2.60 bits per heavy atom. The highest BCUT2D eigenvalue weighted by Crippen LogP contribution is 2.40. The zero-order valence-electron chi connectivity index (χ0n) is 27.9. The normalized spacial score (nSPS) is 21.4. The minimum atomic E-state index is -0.361. The topological polar surface area (TPSA) is 134 Å². The van der Waals surface area contributed by atoms with Crippen LogP contribution >= 0.6 is 0 Å². The Labute approximate surface area is 275 Å². The summed E-state index contributed by atoms with van der Waals surface area (Å²) < 4.78 is 8.67. The maximum atomic E-state index is 13.4. The van der Waals surface area contributed by atoms with E-state index in [-0.39, 0.29) is 53.6 Å². The summed E-state index contributed by atoms with van der Waals surface area (Å²) in [4.78, 5) is 33.0. The van der Waals surface area contributed by atoms with E-state index < -0.39 is 0 Å². The number of aliphatic hydroxyl groups is 1. The number of fused-ring (bicyclic) bond motifs is 2. The molecule has 0 bridgehead atoms. The molecule has 3 atom stereocenters. The minimum Gasteiger partial charge on any atom is -0.484 e. The average molecular weight is 640 g/mol. The molecule has 1 aromatic carbocycles. The van der Waals surface area contributed by atoms with Crippen molar-refractivity contribution in [3.05, 3.63) is 83.1 Å². The van der Waals surface area contributed by atoms with Crippen molar-refractivity contribution in [1.29, 1.82) is 0 Å². The zero-order chi connectivity index (χ0) is 33.3. The third kappa shape index (κ3) is 6.73. The average Bonchev–Trinajstić information content (AvgIpc) is 3.63. The molecule has 11 heteroatoms. The molecule has 2 amide bonds. The Morgan fingerprint density at radius 2 is 1.87 bits per heavy atom. The summed E-state index contributed by atoms with van der Waals surface area (Å²) in [5.41, 5.74) is 3.80. The molecule has 3 N–H and O–H groups in total. The lowest BCUT2D eigenvalue weighted by Gasteiger charge is -2.32. The number of hydrogen-bond acceptors (Lipinski definition) is 8. The molecule has 1 aliphatic carbocycles. The minimum absolute atomic E-state index is 0.0669. The number of Topliss-reactive ketones (excluding diaryl/α,β-unsaturated/α-hetero) is 1. The molecular formula is C36H45N7O4. The number of aliphatic hydroxyl groups excluding tert-OH is 1. The van der Waals surface area contributed by atoms with Crippen LogP contribution in [0.2, 0.25) is 0 Å². The third-order valence-corrected chi connectivity index (χ3v) is 9.58. The van der Waals surface area contributed by atoms with Crippen molar-refractivity contribution in [2.45, 2.75) is 89.3 Å². The molecule has 0 spiro atoms. The fourth-order valence-corrected chi connectivity index (χ4v) is 6.70. The van der Waals surface area contributed by atoms with Crippen LogP contribution in [0.25, 0.3) is 5.65 Å². The predicted octanol–water partition coefficient (Wildman–Crippen LogP) is 6.09. The molecule has 4 aromatic rings. The van der Waals surface area contributed by atoms with Gasteiger partial charge in [0.2, 0.25) is 0 Å². The van der Waals surface area contributed by atoms with E-state index in [1.165, 1.54) is 0 Å². The van der Waals surface area contributed by atoms with E-state index in [1.54, 1.807) is 6.07 Å². The Balaban J connectivity index is 1.18. The van der Waals surface area contributed by atoms with E-state index in [0.717, 1.165) is 47.7 Å². The summed E-state index contributed by atoms with van der Waals surface area (Å²) in [6, 6.07) is 14.8. The van der Waals surface area contributed by atoms with Crippen LogP contribution in [-0.2, 0) is 11.0 Å². The number of ketones is 1. The van der Waals surface area contributed by atoms with Crippen LogP contribution in [0.15, 0.2) is 54.7 Å². The van der Waals surface area contributed by atoms with Gasteiger partial charge < -0.3 is 20.5 Å². The first-order chi connectivity index (χ1) is 22.5. The van der Waals surface area contributed by atoms with E-state index in [9.17, 15) is 14.7 Å². The largest absolute Gasteiger partial charge is 0.484 e. The molecule has 0 saturated carbocycles. The summed E-state index contributed by atoms with van der Waals surface area (Å²) in [7, 11) is 2.14. The van der Waals surface area contributed by atoms with Gasteiger partial charge in [0, 0.05) is 29.8 Å². The van der Waals surface area contributed by atoms with Crippen molar-refractivity contribution in [3.63, 3.8) is 0 Å². The van der Waals surface area contributed by atoms with E-state index in [1.807, 2.05) is 63.4 Å². The Hall–Kier alpha value is -4.35. The number of likely N-dealkylation sites (tertiary alicyclic amines) is 1. The molecule has 11 nitrogen and oxygen atoms in total. The Morgan fingerprint density at radius 1 is 1.09 bits per heavy atom. The van der Waals surface area contributed by atoms with Gasteiger partial charge >= 0.3 is 6.03 Å². The first-order valence-corrected chi connectivity index (χ1v) is 16.5. The van der Waals surface area contributed by atoms with Gasteiger partial charge in [-0.3, -0.25) is 14.1 Å². The quantitative estimate of drug-likeness (QED) is 0.187. The van der Waals surface area contributed by atoms with E-state index in [4.69, 9.17) is 4.74 Å². The lowest BCUT2D eigenvalue weighted by molar-refractivity contribution is 0.0966. The Bertz CT molecular complexity index is 1780. The summed E-state index contributed by atoms with van der Waals surface area (Å²) in [5.74, 6) is 1.49. The number of amides is 2. The number of hydrogen-bond donors (Lipinski definition) is 3. The van der Waals surface area contributed by atoms with Crippen LogP contribution in [0.1, 0.15) is 111 Å². The van der Waals surface area contributed by atoms with Gasteiger partial charge in [0.05, 0.1) is 17.8 Å². The van der Waals surface area contributed by atoms with Crippen molar-refractivity contribution in [2.24, 2.45) is 0 Å². The molecule has 2 aliphatic rings. The van der Waals surface area contributed by atoms with Crippen molar-refractivity contribution in [2.75, 3.05) is 25.5 Å². The SMILES string of the molecule is CN1CCC[C@@]1(C)c1nnc2ccc(O[C@@H]3CC[C@H](NC(=O)Nc4cc(C(=O)CCCO)nc(C(C)(C)C)c4)c4ccccc43)cn12. The summed E-state index contributed by atoms with van der Waals surface area (Å²) in [6.45, 7) is 9.21. The van der Waals surface area contributed by atoms with Gasteiger partial charge in [-0.25, -0.2) is 9.78 Å². The van der Waals surface area contributed by atoms with Crippen molar-refractivity contribution in [1.82, 2.24) is 29.8 Å². The maximum Gasteiger partial charge on any atom is 0.319 e. The molecule has 248 valence electrons. The molecule has 1 aliphatic heterocycles. The van der Waals surface area contributed by atoms with Crippen LogP contribution < -0.4 is 15.4 Å². The molecule has 6 rings (SSSR count). The second kappa shape index (κ2) is 13.0. The van der Waals surface area contributed by atoms with E-state index in [2.05, 4.69) is 55.2 Å². The number of rotatable bonds is 9. The zero-order valence-corrected chi connectivity index (χ0v) is 27.9. The highest BCUT2D eigenvalue weighted by molar-refractivity contribution is 5.97. The number of pyridine rings is 2. The fraction of sp³-hybridized carbons (Fsp3) is 0.472. The number of anilines is 1. The number of carbonyl (C=O) groups is 2. The van der Waals surface area contributed by atoms with Gasteiger partial charge in [0.25, 0.3) is 0 Å². The van der Waals surface area contributed by atoms with E-state index >= 15 is 0 Å². The van der Waals surface area contributed by atoms with Gasteiger partial charge in [-0.05, 0) is 88.0 Å². The smallest absolute Gasteiger partial charge is 0.319 e. The van der Waals surface area contributed by atoms with Crippen LogP contribution in [0.4, 0.5) is 10.5 Å². The second-order valence-corrected chi connectivity index (χ2v) is 14.0. The molecule has 0 radical (unpaired) electrons. The lowest BCUT2D eigenvalue weighted by Crippen LogP contribution is -2.37. The molecule has 4 heterocycles. The van der Waals surface area contributed by atoms with Gasteiger partial charge in [0.15, 0.2) is 17.3 Å². The van der Waals surface area contributed by atoms with Crippen LogP contribution in [0.3, 0.4) is 0 Å². The first-order valence-electron chi connectivity index (χ1n) is 16.5. The number of aromatic nitrogens is 4. The second-order valence-electron chi connectivity index (χ2n) is 14.0. The molecule has 3 aromatic heterocycles. The van der Waals surface area contributed by atoms with Gasteiger partial charge in [-0.1, -0.05) is 45.0 Å². The van der Waals surface area contributed by atoms with Crippen LogP contribution in [-0.4, -0.2) is 61.6 Å². The lowest BCUT2D eigenvalue weighted by atomic mass is 9.85. The highest BCUT2D eigenvalue weighted by Gasteiger charge is 2.40. The summed E-state index contributed by atoms with van der Waals surface area (Å²) >= 11 is 0. The maximum absolute atomic E-state index is 13.4. The monoisotopic (exact) mass is 639 g/mol. The van der Waals surface area contributed by atoms with Crippen LogP contribution in [0.5, 0.6) is 5.75 Å². The van der Waals surface area contributed by atoms with Crippen molar-refractivity contribution < 1.29 is 19.4 Å². The van der Waals surface area contributed by atoms with Crippen molar-refractivity contribution in [3.8, 4) is 5.75 Å². The van der Waals surface area contributed by atoms with Crippen LogP contribution in [0, 0.1) is 0 Å². The number of urea groups is 1. The summed E-state index contributed by atoms with van der Waals surface area (Å²) in [6.07, 6.45) is 5.91. The van der Waals surface area contributed by atoms with E-state index in [0.29, 0.717) is 30.6 Å². The van der Waals surface area contributed by atoms with Crippen molar-refractivity contribution >= 4 is 23.1 Å². The number of carbonyl (C=O) groups excluding carboxylic acids is 2.